The minimum atomic E-state index is -0.266. The fourth-order valence-corrected chi connectivity index (χ4v) is 3.76. The maximum absolute atomic E-state index is 6.51. The highest BCUT2D eigenvalue weighted by atomic mass is 35.5. The van der Waals surface area contributed by atoms with E-state index in [1.165, 1.54) is 0 Å². The molecule has 0 spiro atoms. The van der Waals surface area contributed by atoms with Crippen molar-refractivity contribution >= 4 is 23.2 Å². The third-order valence-corrected chi connectivity index (χ3v) is 5.73. The van der Waals surface area contributed by atoms with E-state index in [9.17, 15) is 0 Å². The van der Waals surface area contributed by atoms with Crippen LogP contribution in [0.3, 0.4) is 0 Å². The number of halogens is 2. The Morgan fingerprint density at radius 1 is 1.14 bits per heavy atom. The van der Waals surface area contributed by atoms with E-state index in [2.05, 4.69) is 13.8 Å². The number of methoxy groups -OCH3 is 1. The molecule has 2 rings (SSSR count). The Labute approximate surface area is 137 Å². The second kappa shape index (κ2) is 6.45. The van der Waals surface area contributed by atoms with Crippen molar-refractivity contribution in [1.29, 1.82) is 0 Å². The van der Waals surface area contributed by atoms with Crippen molar-refractivity contribution in [1.82, 2.24) is 0 Å². The molecule has 0 aliphatic heterocycles. The van der Waals surface area contributed by atoms with Crippen LogP contribution in [0, 0.1) is 5.41 Å². The van der Waals surface area contributed by atoms with Gasteiger partial charge in [0.15, 0.2) is 0 Å². The molecule has 1 unspecified atom stereocenters. The van der Waals surface area contributed by atoms with Crippen LogP contribution >= 0.6 is 23.2 Å². The summed E-state index contributed by atoms with van der Waals surface area (Å²) in [5.74, 6) is 0. The Hall–Kier alpha value is -0.280. The summed E-state index contributed by atoms with van der Waals surface area (Å²) in [5, 5.41) is 1.36. The normalized spacial score (nSPS) is 22.0. The zero-order valence-corrected chi connectivity index (χ0v) is 14.6. The minimum absolute atomic E-state index is 0.101. The maximum atomic E-state index is 6.51. The van der Waals surface area contributed by atoms with Gasteiger partial charge in [-0.3, -0.25) is 0 Å². The first-order chi connectivity index (χ1) is 9.80. The Bertz CT molecular complexity index is 471. The summed E-state index contributed by atoms with van der Waals surface area (Å²) in [5.41, 5.74) is 7.55. The summed E-state index contributed by atoms with van der Waals surface area (Å²) < 4.78 is 5.87. The molecular weight excluding hydrogens is 305 g/mol. The molecule has 118 valence electrons. The van der Waals surface area contributed by atoms with Gasteiger partial charge in [0.05, 0.1) is 5.60 Å². The van der Waals surface area contributed by atoms with Crippen molar-refractivity contribution in [3.8, 4) is 0 Å². The van der Waals surface area contributed by atoms with Crippen LogP contribution in [-0.4, -0.2) is 18.8 Å². The topological polar surface area (TPSA) is 35.2 Å². The van der Waals surface area contributed by atoms with Crippen molar-refractivity contribution < 1.29 is 4.74 Å². The smallest absolute Gasteiger partial charge is 0.0832 e. The van der Waals surface area contributed by atoms with E-state index >= 15 is 0 Å². The summed E-state index contributed by atoms with van der Waals surface area (Å²) in [7, 11) is 1.77. The zero-order chi connectivity index (χ0) is 15.7. The van der Waals surface area contributed by atoms with E-state index in [1.807, 2.05) is 18.2 Å². The molecule has 0 heterocycles. The van der Waals surface area contributed by atoms with Crippen LogP contribution in [0.4, 0.5) is 0 Å². The molecule has 1 atom stereocenters. The summed E-state index contributed by atoms with van der Waals surface area (Å²) >= 11 is 12.5. The second-order valence-corrected chi connectivity index (χ2v) is 7.76. The first-order valence-electron chi connectivity index (χ1n) is 7.53. The minimum Gasteiger partial charge on any atom is -0.377 e. The van der Waals surface area contributed by atoms with Crippen molar-refractivity contribution in [2.75, 3.05) is 7.11 Å². The number of benzene rings is 1. The summed E-state index contributed by atoms with van der Waals surface area (Å²) in [6.45, 7) is 4.62. The number of ether oxygens (including phenoxy) is 1. The molecule has 0 amide bonds. The van der Waals surface area contributed by atoms with E-state index in [4.69, 9.17) is 33.7 Å². The maximum Gasteiger partial charge on any atom is 0.0832 e. The third-order valence-electron chi connectivity index (χ3n) is 5.02. The number of hydrogen-bond donors (Lipinski definition) is 1. The Morgan fingerprint density at radius 2 is 1.67 bits per heavy atom. The first-order valence-corrected chi connectivity index (χ1v) is 8.29. The number of hydrogen-bond acceptors (Lipinski definition) is 2. The van der Waals surface area contributed by atoms with Crippen LogP contribution < -0.4 is 5.73 Å². The first kappa shape index (κ1) is 17.1. The quantitative estimate of drug-likeness (QED) is 0.856. The average Bonchev–Trinajstić information content (AvgIpc) is 2.43. The van der Waals surface area contributed by atoms with Gasteiger partial charge in [0, 0.05) is 23.2 Å². The molecule has 1 saturated carbocycles. The van der Waals surface area contributed by atoms with Crippen LogP contribution in [0.15, 0.2) is 18.2 Å². The average molecular weight is 330 g/mol. The highest BCUT2D eigenvalue weighted by Gasteiger charge is 2.43. The summed E-state index contributed by atoms with van der Waals surface area (Å²) in [6, 6.07) is 5.48. The van der Waals surface area contributed by atoms with Gasteiger partial charge in [-0.15, -0.1) is 0 Å². The van der Waals surface area contributed by atoms with Crippen LogP contribution in [-0.2, 0) is 11.2 Å². The number of nitrogens with two attached hydrogens (primary N) is 1. The Morgan fingerprint density at radius 3 is 2.14 bits per heavy atom. The molecule has 0 radical (unpaired) electrons. The van der Waals surface area contributed by atoms with Gasteiger partial charge in [0.2, 0.25) is 0 Å². The van der Waals surface area contributed by atoms with Gasteiger partial charge in [-0.2, -0.15) is 0 Å². The molecule has 0 aromatic heterocycles. The highest BCUT2D eigenvalue weighted by Crippen LogP contribution is 2.44. The van der Waals surface area contributed by atoms with Gasteiger partial charge in [-0.25, -0.2) is 0 Å². The molecular formula is C17H25Cl2NO. The van der Waals surface area contributed by atoms with E-state index in [-0.39, 0.29) is 11.6 Å². The lowest BCUT2D eigenvalue weighted by atomic mass is 9.68. The van der Waals surface area contributed by atoms with E-state index < -0.39 is 0 Å². The number of rotatable bonds is 4. The molecule has 0 bridgehead atoms. The fourth-order valence-electron chi connectivity index (χ4n) is 3.21. The van der Waals surface area contributed by atoms with Crippen LogP contribution in [0.5, 0.6) is 0 Å². The zero-order valence-electron chi connectivity index (χ0n) is 13.1. The van der Waals surface area contributed by atoms with Gasteiger partial charge in [0.25, 0.3) is 0 Å². The third kappa shape index (κ3) is 3.73. The highest BCUT2D eigenvalue weighted by molar-refractivity contribution is 6.36. The van der Waals surface area contributed by atoms with Crippen LogP contribution in [0.25, 0.3) is 0 Å². The van der Waals surface area contributed by atoms with Crippen LogP contribution in [0.1, 0.15) is 45.1 Å². The van der Waals surface area contributed by atoms with E-state index in [0.29, 0.717) is 21.9 Å². The molecule has 0 saturated heterocycles. The lowest BCUT2D eigenvalue weighted by molar-refractivity contribution is -0.0781. The molecule has 1 aliphatic rings. The lowest BCUT2D eigenvalue weighted by Gasteiger charge is -2.46. The Balaban J connectivity index is 2.16. The van der Waals surface area contributed by atoms with Gasteiger partial charge in [-0.05, 0) is 55.2 Å². The largest absolute Gasteiger partial charge is 0.377 e. The molecule has 2 N–H and O–H groups in total. The van der Waals surface area contributed by atoms with E-state index in [1.54, 1.807) is 7.11 Å². The monoisotopic (exact) mass is 329 g/mol. The van der Waals surface area contributed by atoms with Crippen molar-refractivity contribution in [3.63, 3.8) is 0 Å². The lowest BCUT2D eigenvalue weighted by Crippen LogP contribution is -2.53. The Kier molecular flexibility index (Phi) is 5.25. The molecule has 1 fully saturated rings. The van der Waals surface area contributed by atoms with E-state index in [0.717, 1.165) is 31.2 Å². The van der Waals surface area contributed by atoms with Crippen LogP contribution in [0.2, 0.25) is 10.0 Å². The fraction of sp³-hybridized carbons (Fsp3) is 0.647. The molecule has 1 aromatic rings. The molecule has 1 aromatic carbocycles. The molecule has 21 heavy (non-hydrogen) atoms. The van der Waals surface area contributed by atoms with Gasteiger partial charge in [-0.1, -0.05) is 43.1 Å². The summed E-state index contributed by atoms with van der Waals surface area (Å²) in [4.78, 5) is 0. The van der Waals surface area contributed by atoms with Crippen molar-refractivity contribution in [2.24, 2.45) is 11.1 Å². The second-order valence-electron chi connectivity index (χ2n) is 6.94. The SMILES string of the molecule is COC1(C(N)Cc2c(Cl)cccc2Cl)CCC(C)(C)CC1. The molecule has 1 aliphatic carbocycles. The van der Waals surface area contributed by atoms with Gasteiger partial charge >= 0.3 is 0 Å². The molecule has 2 nitrogen and oxygen atoms in total. The van der Waals surface area contributed by atoms with Crippen molar-refractivity contribution in [2.45, 2.75) is 57.6 Å². The predicted molar refractivity (Wildman–Crippen MR) is 90.1 cm³/mol. The predicted octanol–water partition coefficient (Wildman–Crippen LogP) is 4.85. The summed E-state index contributed by atoms with van der Waals surface area (Å²) in [6.07, 6.45) is 4.88. The van der Waals surface area contributed by atoms with Gasteiger partial charge in [0.1, 0.15) is 0 Å². The van der Waals surface area contributed by atoms with Crippen molar-refractivity contribution in [3.05, 3.63) is 33.8 Å². The van der Waals surface area contributed by atoms with Gasteiger partial charge < -0.3 is 10.5 Å². The molecule has 4 heteroatoms. The standard InChI is InChI=1S/C17H25Cl2NO/c1-16(2)7-9-17(21-3,10-8-16)15(20)11-12-13(18)5-4-6-14(12)19/h4-6,15H,7-11,20H2,1-3H3.